The van der Waals surface area contributed by atoms with E-state index in [2.05, 4.69) is 22.0 Å². The molecular formula is C18H20N2O3. The van der Waals surface area contributed by atoms with Crippen LogP contribution in [0.3, 0.4) is 0 Å². The normalized spacial score (nSPS) is 14.3. The van der Waals surface area contributed by atoms with Gasteiger partial charge in [-0.25, -0.2) is 4.79 Å². The number of aryl methyl sites for hydroxylation is 1. The van der Waals surface area contributed by atoms with E-state index >= 15 is 0 Å². The van der Waals surface area contributed by atoms with Crippen LogP contribution in [0.2, 0.25) is 0 Å². The number of aromatic nitrogens is 1. The van der Waals surface area contributed by atoms with E-state index in [-0.39, 0.29) is 0 Å². The van der Waals surface area contributed by atoms with E-state index in [1.165, 1.54) is 5.56 Å². The summed E-state index contributed by atoms with van der Waals surface area (Å²) >= 11 is 0. The zero-order chi connectivity index (χ0) is 16.4. The third-order valence-corrected chi connectivity index (χ3v) is 4.32. The second-order valence-corrected chi connectivity index (χ2v) is 5.84. The summed E-state index contributed by atoms with van der Waals surface area (Å²) < 4.78 is 5.17. The van der Waals surface area contributed by atoms with Crippen molar-refractivity contribution in [1.82, 2.24) is 9.88 Å². The van der Waals surface area contributed by atoms with Crippen molar-refractivity contribution in [3.63, 3.8) is 0 Å². The molecule has 0 aliphatic carbocycles. The molecule has 0 spiro atoms. The van der Waals surface area contributed by atoms with Crippen molar-refractivity contribution in [3.8, 4) is 5.75 Å². The number of pyridine rings is 1. The van der Waals surface area contributed by atoms with E-state index in [0.29, 0.717) is 11.3 Å². The first-order valence-electron chi connectivity index (χ1n) is 7.64. The highest BCUT2D eigenvalue weighted by Crippen LogP contribution is 2.25. The Morgan fingerprint density at radius 1 is 1.35 bits per heavy atom. The molecule has 23 heavy (non-hydrogen) atoms. The number of benzene rings is 1. The molecule has 3 rings (SSSR count). The first-order chi connectivity index (χ1) is 11.1. The van der Waals surface area contributed by atoms with Crippen molar-refractivity contribution in [2.24, 2.45) is 0 Å². The predicted octanol–water partition coefficient (Wildman–Crippen LogP) is 2.66. The zero-order valence-corrected chi connectivity index (χ0v) is 13.4. The van der Waals surface area contributed by atoms with Crippen molar-refractivity contribution in [2.75, 3.05) is 13.7 Å². The fourth-order valence-electron chi connectivity index (χ4n) is 3.12. The highest BCUT2D eigenvalue weighted by atomic mass is 16.5. The number of methoxy groups -OCH3 is 1. The van der Waals surface area contributed by atoms with E-state index in [0.717, 1.165) is 42.9 Å². The summed E-state index contributed by atoms with van der Waals surface area (Å²) in [6.45, 7) is 4.17. The minimum atomic E-state index is -0.879. The number of ether oxygens (including phenoxy) is 1. The van der Waals surface area contributed by atoms with Crippen LogP contribution in [0.25, 0.3) is 0 Å². The SMILES string of the molecule is COc1ccc(CN2CCc3c(cnc(C)c3C(=O)O)C2)cc1. The molecule has 1 aliphatic heterocycles. The van der Waals surface area contributed by atoms with Gasteiger partial charge in [0, 0.05) is 25.8 Å². The molecule has 0 radical (unpaired) electrons. The maximum absolute atomic E-state index is 11.5. The molecule has 0 amide bonds. The summed E-state index contributed by atoms with van der Waals surface area (Å²) in [6, 6.07) is 8.04. The molecular weight excluding hydrogens is 292 g/mol. The molecule has 5 nitrogen and oxygen atoms in total. The molecule has 2 heterocycles. The fourth-order valence-corrected chi connectivity index (χ4v) is 3.12. The topological polar surface area (TPSA) is 62.7 Å². The molecule has 120 valence electrons. The van der Waals surface area contributed by atoms with Gasteiger partial charge in [0.05, 0.1) is 18.4 Å². The number of carboxylic acids is 1. The summed E-state index contributed by atoms with van der Waals surface area (Å²) in [5.74, 6) is -0.0287. The Balaban J connectivity index is 1.77. The fraction of sp³-hybridized carbons (Fsp3) is 0.333. The Morgan fingerprint density at radius 3 is 2.74 bits per heavy atom. The number of rotatable bonds is 4. The maximum Gasteiger partial charge on any atom is 0.337 e. The van der Waals surface area contributed by atoms with Crippen LogP contribution in [0, 0.1) is 6.92 Å². The van der Waals surface area contributed by atoms with Gasteiger partial charge in [0.15, 0.2) is 0 Å². The molecule has 1 aromatic carbocycles. The summed E-state index contributed by atoms with van der Waals surface area (Å²) in [4.78, 5) is 18.0. The number of carbonyl (C=O) groups is 1. The van der Waals surface area contributed by atoms with Gasteiger partial charge in [-0.15, -0.1) is 0 Å². The molecule has 0 saturated carbocycles. The number of carboxylic acid groups (broad SMARTS) is 1. The summed E-state index contributed by atoms with van der Waals surface area (Å²) in [5, 5.41) is 9.41. The Bertz CT molecular complexity index is 726. The van der Waals surface area contributed by atoms with E-state index in [4.69, 9.17) is 4.74 Å². The van der Waals surface area contributed by atoms with Crippen LogP contribution in [0.5, 0.6) is 5.75 Å². The van der Waals surface area contributed by atoms with Crippen LogP contribution in [0.1, 0.15) is 32.7 Å². The first kappa shape index (κ1) is 15.5. The number of aromatic carboxylic acids is 1. The van der Waals surface area contributed by atoms with Crippen molar-refractivity contribution in [3.05, 3.63) is 58.4 Å². The summed E-state index contributed by atoms with van der Waals surface area (Å²) in [5.41, 5.74) is 4.16. The Kier molecular flexibility index (Phi) is 4.30. The van der Waals surface area contributed by atoms with Gasteiger partial charge in [-0.3, -0.25) is 9.88 Å². The lowest BCUT2D eigenvalue weighted by molar-refractivity contribution is 0.0693. The van der Waals surface area contributed by atoms with Gasteiger partial charge >= 0.3 is 5.97 Å². The van der Waals surface area contributed by atoms with Gasteiger partial charge in [0.25, 0.3) is 0 Å². The second-order valence-electron chi connectivity index (χ2n) is 5.84. The quantitative estimate of drug-likeness (QED) is 0.940. The van der Waals surface area contributed by atoms with E-state index in [1.54, 1.807) is 14.0 Å². The zero-order valence-electron chi connectivity index (χ0n) is 13.4. The summed E-state index contributed by atoms with van der Waals surface area (Å²) in [7, 11) is 1.66. The molecule has 1 N–H and O–H groups in total. The minimum absolute atomic E-state index is 0.381. The Labute approximate surface area is 135 Å². The van der Waals surface area contributed by atoms with E-state index in [1.807, 2.05) is 18.3 Å². The van der Waals surface area contributed by atoms with Gasteiger partial charge in [0.1, 0.15) is 5.75 Å². The number of fused-ring (bicyclic) bond motifs is 1. The average molecular weight is 312 g/mol. The molecule has 2 aromatic rings. The molecule has 0 atom stereocenters. The predicted molar refractivity (Wildman–Crippen MR) is 86.7 cm³/mol. The van der Waals surface area contributed by atoms with Crippen molar-refractivity contribution in [1.29, 1.82) is 0 Å². The van der Waals surface area contributed by atoms with Crippen LogP contribution in [-0.4, -0.2) is 34.6 Å². The highest BCUT2D eigenvalue weighted by Gasteiger charge is 2.23. The van der Waals surface area contributed by atoms with E-state index in [9.17, 15) is 9.90 Å². The lowest BCUT2D eigenvalue weighted by atomic mass is 9.95. The van der Waals surface area contributed by atoms with Crippen molar-refractivity contribution in [2.45, 2.75) is 26.4 Å². The largest absolute Gasteiger partial charge is 0.497 e. The first-order valence-corrected chi connectivity index (χ1v) is 7.64. The lowest BCUT2D eigenvalue weighted by Gasteiger charge is -2.29. The Morgan fingerprint density at radius 2 is 2.09 bits per heavy atom. The third kappa shape index (κ3) is 3.19. The Hall–Kier alpha value is -2.40. The van der Waals surface area contributed by atoms with Crippen LogP contribution in [0.4, 0.5) is 0 Å². The van der Waals surface area contributed by atoms with Crippen LogP contribution in [0.15, 0.2) is 30.5 Å². The van der Waals surface area contributed by atoms with Gasteiger partial charge < -0.3 is 9.84 Å². The molecule has 0 unspecified atom stereocenters. The highest BCUT2D eigenvalue weighted by molar-refractivity contribution is 5.91. The van der Waals surface area contributed by atoms with Crippen LogP contribution in [-0.2, 0) is 19.5 Å². The van der Waals surface area contributed by atoms with Gasteiger partial charge in [-0.05, 0) is 42.2 Å². The van der Waals surface area contributed by atoms with Gasteiger partial charge in [-0.1, -0.05) is 12.1 Å². The molecule has 0 bridgehead atoms. The number of hydrogen-bond donors (Lipinski definition) is 1. The monoisotopic (exact) mass is 312 g/mol. The molecule has 5 heteroatoms. The maximum atomic E-state index is 11.5. The van der Waals surface area contributed by atoms with E-state index < -0.39 is 5.97 Å². The van der Waals surface area contributed by atoms with Crippen molar-refractivity contribution >= 4 is 5.97 Å². The van der Waals surface area contributed by atoms with Crippen molar-refractivity contribution < 1.29 is 14.6 Å². The lowest BCUT2D eigenvalue weighted by Crippen LogP contribution is -2.31. The summed E-state index contributed by atoms with van der Waals surface area (Å²) in [6.07, 6.45) is 2.56. The molecule has 0 saturated heterocycles. The standard InChI is InChI=1S/C18H20N2O3/c1-12-17(18(21)22)16-7-8-20(11-14(16)9-19-12)10-13-3-5-15(23-2)6-4-13/h3-6,9H,7-8,10-11H2,1-2H3,(H,21,22). The minimum Gasteiger partial charge on any atom is -0.497 e. The molecule has 1 aliphatic rings. The third-order valence-electron chi connectivity index (χ3n) is 4.32. The van der Waals surface area contributed by atoms with Crippen LogP contribution < -0.4 is 4.74 Å². The average Bonchev–Trinajstić information content (AvgIpc) is 2.55. The number of hydrogen-bond acceptors (Lipinski definition) is 4. The van der Waals surface area contributed by atoms with Crippen LogP contribution >= 0.6 is 0 Å². The second kappa shape index (κ2) is 6.38. The smallest absolute Gasteiger partial charge is 0.337 e. The molecule has 1 aromatic heterocycles. The molecule has 0 fully saturated rings. The van der Waals surface area contributed by atoms with Gasteiger partial charge in [-0.2, -0.15) is 0 Å². The number of nitrogens with zero attached hydrogens (tertiary/aromatic N) is 2. The van der Waals surface area contributed by atoms with Gasteiger partial charge in [0.2, 0.25) is 0 Å².